The Balaban J connectivity index is 1.88. The van der Waals surface area contributed by atoms with E-state index in [0.717, 1.165) is 16.6 Å². The number of rotatable bonds is 4. The van der Waals surface area contributed by atoms with Gasteiger partial charge in [0.25, 0.3) is 0 Å². The summed E-state index contributed by atoms with van der Waals surface area (Å²) in [5.41, 5.74) is 7.96. The highest BCUT2D eigenvalue weighted by atomic mass is 19.1. The van der Waals surface area contributed by atoms with Crippen LogP contribution in [0.25, 0.3) is 11.0 Å². The summed E-state index contributed by atoms with van der Waals surface area (Å²) in [4.78, 5) is 0. The number of halogens is 1. The molecule has 0 unspecified atom stereocenters. The number of ether oxygens (including phenoxy) is 2. The summed E-state index contributed by atoms with van der Waals surface area (Å²) in [6.45, 7) is 0.241. The molecule has 3 N–H and O–H groups in total. The summed E-state index contributed by atoms with van der Waals surface area (Å²) in [6.07, 6.45) is 0. The van der Waals surface area contributed by atoms with Gasteiger partial charge in [-0.3, -0.25) is 5.10 Å². The van der Waals surface area contributed by atoms with Crippen LogP contribution in [0, 0.1) is 5.82 Å². The van der Waals surface area contributed by atoms with Crippen LogP contribution in [-0.4, -0.2) is 22.5 Å². The summed E-state index contributed by atoms with van der Waals surface area (Å²) in [6, 6.07) is 8.22. The first-order valence-corrected chi connectivity index (χ1v) is 6.23. The molecular formula is C14H13FN4O2. The standard InChI is InChI=1S/C14H13FN4O2/c1-20-12-5-9(15)10(16)6-13(12)21-7-8-3-2-4-11-14(8)18-19-17-11/h2-6H,7,16H2,1H3,(H,17,18,19). The molecule has 7 heteroatoms. The molecule has 21 heavy (non-hydrogen) atoms. The van der Waals surface area contributed by atoms with Gasteiger partial charge in [0.05, 0.1) is 18.3 Å². The Bertz CT molecular complexity index is 788. The second-order valence-electron chi connectivity index (χ2n) is 4.44. The molecule has 2 aromatic carbocycles. The van der Waals surface area contributed by atoms with Crippen LogP contribution in [0.2, 0.25) is 0 Å². The van der Waals surface area contributed by atoms with Gasteiger partial charge in [-0.15, -0.1) is 5.10 Å². The summed E-state index contributed by atoms with van der Waals surface area (Å²) in [5.74, 6) is 0.115. The molecule has 3 aromatic rings. The van der Waals surface area contributed by atoms with Crippen LogP contribution in [0.1, 0.15) is 5.56 Å². The zero-order chi connectivity index (χ0) is 14.8. The number of nitrogens with two attached hydrogens (primary N) is 1. The minimum atomic E-state index is -0.544. The number of methoxy groups -OCH3 is 1. The van der Waals surface area contributed by atoms with Crippen LogP contribution in [0.4, 0.5) is 10.1 Å². The Labute approximate surface area is 119 Å². The van der Waals surface area contributed by atoms with E-state index in [1.165, 1.54) is 19.2 Å². The monoisotopic (exact) mass is 288 g/mol. The predicted molar refractivity (Wildman–Crippen MR) is 75.6 cm³/mol. The van der Waals surface area contributed by atoms with Gasteiger partial charge in [-0.25, -0.2) is 4.39 Å². The first-order chi connectivity index (χ1) is 10.2. The van der Waals surface area contributed by atoms with Crippen LogP contribution >= 0.6 is 0 Å². The molecule has 0 bridgehead atoms. The quantitative estimate of drug-likeness (QED) is 0.719. The maximum atomic E-state index is 13.4. The summed E-state index contributed by atoms with van der Waals surface area (Å²) >= 11 is 0. The number of nitrogens with zero attached hydrogens (tertiary/aromatic N) is 2. The number of hydrogen-bond acceptors (Lipinski definition) is 5. The second-order valence-corrected chi connectivity index (χ2v) is 4.44. The number of nitrogen functional groups attached to an aromatic ring is 1. The number of benzene rings is 2. The van der Waals surface area contributed by atoms with E-state index in [4.69, 9.17) is 15.2 Å². The van der Waals surface area contributed by atoms with Crippen molar-refractivity contribution in [2.75, 3.05) is 12.8 Å². The number of aromatic amines is 1. The fraction of sp³-hybridized carbons (Fsp3) is 0.143. The average molecular weight is 288 g/mol. The van der Waals surface area contributed by atoms with Gasteiger partial charge in [0.1, 0.15) is 17.9 Å². The van der Waals surface area contributed by atoms with Crippen molar-refractivity contribution in [3.05, 3.63) is 41.7 Å². The minimum Gasteiger partial charge on any atom is -0.493 e. The number of nitrogens with one attached hydrogen (secondary N) is 1. The highest BCUT2D eigenvalue weighted by molar-refractivity contribution is 5.77. The molecule has 1 heterocycles. The number of aromatic nitrogens is 3. The van der Waals surface area contributed by atoms with E-state index in [1.807, 2.05) is 18.2 Å². The molecule has 0 amide bonds. The highest BCUT2D eigenvalue weighted by Gasteiger charge is 2.11. The van der Waals surface area contributed by atoms with Crippen molar-refractivity contribution in [2.45, 2.75) is 6.61 Å². The van der Waals surface area contributed by atoms with Crippen molar-refractivity contribution in [1.82, 2.24) is 15.4 Å². The van der Waals surface area contributed by atoms with E-state index >= 15 is 0 Å². The van der Waals surface area contributed by atoms with Gasteiger partial charge in [0.2, 0.25) is 0 Å². The molecule has 0 aliphatic carbocycles. The maximum absolute atomic E-state index is 13.4. The molecule has 0 spiro atoms. The molecular weight excluding hydrogens is 275 g/mol. The third kappa shape index (κ3) is 2.45. The fourth-order valence-corrected chi connectivity index (χ4v) is 2.02. The second kappa shape index (κ2) is 5.28. The Morgan fingerprint density at radius 3 is 2.95 bits per heavy atom. The molecule has 0 radical (unpaired) electrons. The van der Waals surface area contributed by atoms with Gasteiger partial charge in [0.15, 0.2) is 11.5 Å². The zero-order valence-corrected chi connectivity index (χ0v) is 11.3. The number of H-pyrrole nitrogens is 1. The van der Waals surface area contributed by atoms with E-state index in [9.17, 15) is 4.39 Å². The Kier molecular flexibility index (Phi) is 3.31. The Hall–Kier alpha value is -2.83. The lowest BCUT2D eigenvalue weighted by atomic mass is 10.2. The molecule has 6 nitrogen and oxygen atoms in total. The fourth-order valence-electron chi connectivity index (χ4n) is 2.02. The largest absolute Gasteiger partial charge is 0.493 e. The van der Waals surface area contributed by atoms with Crippen molar-refractivity contribution in [3.8, 4) is 11.5 Å². The van der Waals surface area contributed by atoms with Gasteiger partial charge in [-0.2, -0.15) is 0 Å². The number of fused-ring (bicyclic) bond motifs is 1. The molecule has 0 atom stereocenters. The molecule has 0 saturated heterocycles. The Morgan fingerprint density at radius 1 is 1.29 bits per heavy atom. The topological polar surface area (TPSA) is 86.0 Å². The van der Waals surface area contributed by atoms with E-state index in [2.05, 4.69) is 15.4 Å². The smallest absolute Gasteiger partial charge is 0.163 e. The lowest BCUT2D eigenvalue weighted by molar-refractivity contribution is 0.284. The van der Waals surface area contributed by atoms with E-state index in [-0.39, 0.29) is 18.0 Å². The van der Waals surface area contributed by atoms with Gasteiger partial charge >= 0.3 is 0 Å². The van der Waals surface area contributed by atoms with E-state index < -0.39 is 5.82 Å². The molecule has 0 aliphatic heterocycles. The average Bonchev–Trinajstić information content (AvgIpc) is 2.97. The SMILES string of the molecule is COc1cc(F)c(N)cc1OCc1cccc2[nH]nnc12. The van der Waals surface area contributed by atoms with Crippen molar-refractivity contribution >= 4 is 16.7 Å². The molecule has 0 aliphatic rings. The van der Waals surface area contributed by atoms with Gasteiger partial charge in [-0.1, -0.05) is 17.3 Å². The molecule has 1 aromatic heterocycles. The maximum Gasteiger partial charge on any atom is 0.163 e. The number of anilines is 1. The third-order valence-electron chi connectivity index (χ3n) is 3.11. The first kappa shape index (κ1) is 13.2. The molecule has 0 saturated carbocycles. The van der Waals surface area contributed by atoms with E-state index in [1.54, 1.807) is 0 Å². The number of hydrogen-bond donors (Lipinski definition) is 2. The van der Waals surface area contributed by atoms with Crippen molar-refractivity contribution in [2.24, 2.45) is 0 Å². The van der Waals surface area contributed by atoms with Crippen LogP contribution in [-0.2, 0) is 6.61 Å². The summed E-state index contributed by atoms with van der Waals surface area (Å²) in [7, 11) is 1.44. The normalized spacial score (nSPS) is 10.8. The molecule has 108 valence electrons. The van der Waals surface area contributed by atoms with E-state index in [0.29, 0.717) is 5.75 Å². The molecule has 0 fully saturated rings. The lowest BCUT2D eigenvalue weighted by Crippen LogP contribution is -2.01. The van der Waals surface area contributed by atoms with Crippen LogP contribution in [0.5, 0.6) is 11.5 Å². The highest BCUT2D eigenvalue weighted by Crippen LogP contribution is 2.32. The minimum absolute atomic E-state index is 0.00504. The van der Waals surface area contributed by atoms with Crippen LogP contribution < -0.4 is 15.2 Å². The zero-order valence-electron chi connectivity index (χ0n) is 11.3. The van der Waals surface area contributed by atoms with Gasteiger partial charge in [0, 0.05) is 17.7 Å². The summed E-state index contributed by atoms with van der Waals surface area (Å²) < 4.78 is 24.2. The Morgan fingerprint density at radius 2 is 2.14 bits per heavy atom. The third-order valence-corrected chi connectivity index (χ3v) is 3.11. The van der Waals surface area contributed by atoms with Crippen molar-refractivity contribution < 1.29 is 13.9 Å². The van der Waals surface area contributed by atoms with Crippen LogP contribution in [0.3, 0.4) is 0 Å². The summed E-state index contributed by atoms with van der Waals surface area (Å²) in [5, 5.41) is 10.5. The van der Waals surface area contributed by atoms with Crippen LogP contribution in [0.15, 0.2) is 30.3 Å². The lowest BCUT2D eigenvalue weighted by Gasteiger charge is -2.12. The molecule has 3 rings (SSSR count). The van der Waals surface area contributed by atoms with Crippen molar-refractivity contribution in [1.29, 1.82) is 0 Å². The van der Waals surface area contributed by atoms with Gasteiger partial charge < -0.3 is 15.2 Å². The predicted octanol–water partition coefficient (Wildman–Crippen LogP) is 2.27. The van der Waals surface area contributed by atoms with Gasteiger partial charge in [-0.05, 0) is 6.07 Å². The first-order valence-electron chi connectivity index (χ1n) is 6.23. The van der Waals surface area contributed by atoms with Crippen molar-refractivity contribution in [3.63, 3.8) is 0 Å².